The highest BCUT2D eigenvalue weighted by molar-refractivity contribution is 5.93. The van der Waals surface area contributed by atoms with Gasteiger partial charge in [0.2, 0.25) is 0 Å². The van der Waals surface area contributed by atoms with E-state index in [1.165, 1.54) is 0 Å². The summed E-state index contributed by atoms with van der Waals surface area (Å²) in [6, 6.07) is 7.75. The summed E-state index contributed by atoms with van der Waals surface area (Å²) < 4.78 is 5.21. The van der Waals surface area contributed by atoms with Crippen molar-refractivity contribution >= 4 is 17.5 Å². The predicted molar refractivity (Wildman–Crippen MR) is 63.9 cm³/mol. The smallest absolute Gasteiger partial charge is 0.414 e. The van der Waals surface area contributed by atoms with Gasteiger partial charge in [-0.05, 0) is 26.0 Å². The fourth-order valence-corrected chi connectivity index (χ4v) is 1.74. The minimum atomic E-state index is -0.274. The number of rotatable bonds is 1. The maximum absolute atomic E-state index is 11.8. The van der Waals surface area contributed by atoms with Crippen LogP contribution in [0.2, 0.25) is 0 Å². The highest BCUT2D eigenvalue weighted by Gasteiger charge is 2.23. The molecule has 4 nitrogen and oxygen atoms in total. The molecule has 2 rings (SSSR count). The van der Waals surface area contributed by atoms with E-state index in [1.807, 2.05) is 38.1 Å². The number of carbonyl (C=O) groups is 1. The number of fused-ring (bicyclic) bond motifs is 1. The molecule has 1 N–H and O–H groups in total. The van der Waals surface area contributed by atoms with E-state index in [2.05, 4.69) is 5.32 Å². The predicted octanol–water partition coefficient (Wildman–Crippen LogP) is 2.46. The van der Waals surface area contributed by atoms with Crippen LogP contribution in [-0.4, -0.2) is 25.3 Å². The summed E-state index contributed by atoms with van der Waals surface area (Å²) in [6.07, 6.45) is -0.363. The Labute approximate surface area is 95.2 Å². The zero-order chi connectivity index (χ0) is 11.5. The van der Waals surface area contributed by atoms with Crippen LogP contribution in [0.5, 0.6) is 0 Å². The van der Waals surface area contributed by atoms with Crippen molar-refractivity contribution < 1.29 is 9.53 Å². The number of ether oxygens (including phenoxy) is 1. The number of nitrogens with one attached hydrogen (secondary N) is 1. The molecule has 1 aliphatic heterocycles. The van der Waals surface area contributed by atoms with Crippen LogP contribution in [0.1, 0.15) is 13.8 Å². The van der Waals surface area contributed by atoms with Gasteiger partial charge in [0.05, 0.1) is 17.5 Å². The molecule has 0 aromatic heterocycles. The van der Waals surface area contributed by atoms with E-state index in [0.717, 1.165) is 17.9 Å². The quantitative estimate of drug-likeness (QED) is 0.790. The SMILES string of the molecule is CC(C)OC(=O)N1CCNc2ccccc21. The fourth-order valence-electron chi connectivity index (χ4n) is 1.74. The van der Waals surface area contributed by atoms with E-state index < -0.39 is 0 Å². The van der Waals surface area contributed by atoms with Crippen molar-refractivity contribution in [3.8, 4) is 0 Å². The Kier molecular flexibility index (Phi) is 2.99. The third-order valence-electron chi connectivity index (χ3n) is 2.40. The molecule has 0 fully saturated rings. The van der Waals surface area contributed by atoms with E-state index in [1.54, 1.807) is 4.90 Å². The van der Waals surface area contributed by atoms with Gasteiger partial charge in [0, 0.05) is 13.1 Å². The van der Waals surface area contributed by atoms with Crippen LogP contribution in [0.15, 0.2) is 24.3 Å². The van der Waals surface area contributed by atoms with E-state index in [9.17, 15) is 4.79 Å². The molecule has 0 aliphatic carbocycles. The maximum Gasteiger partial charge on any atom is 0.414 e. The summed E-state index contributed by atoms with van der Waals surface area (Å²) in [6.45, 7) is 5.10. The van der Waals surface area contributed by atoms with Gasteiger partial charge in [0.15, 0.2) is 0 Å². The molecule has 0 saturated heterocycles. The third-order valence-corrected chi connectivity index (χ3v) is 2.40. The van der Waals surface area contributed by atoms with Crippen molar-refractivity contribution in [1.82, 2.24) is 0 Å². The second-order valence-electron chi connectivity index (χ2n) is 4.03. The van der Waals surface area contributed by atoms with Crippen LogP contribution < -0.4 is 10.2 Å². The number of benzene rings is 1. The first-order valence-corrected chi connectivity index (χ1v) is 5.49. The van der Waals surface area contributed by atoms with Gasteiger partial charge in [-0.15, -0.1) is 0 Å². The summed E-state index contributed by atoms with van der Waals surface area (Å²) in [4.78, 5) is 13.5. The molecule has 86 valence electrons. The summed E-state index contributed by atoms with van der Waals surface area (Å²) in [5, 5.41) is 3.25. The summed E-state index contributed by atoms with van der Waals surface area (Å²) in [7, 11) is 0. The van der Waals surface area contributed by atoms with Gasteiger partial charge in [0.25, 0.3) is 0 Å². The molecule has 0 spiro atoms. The second-order valence-corrected chi connectivity index (χ2v) is 4.03. The Morgan fingerprint density at radius 3 is 2.94 bits per heavy atom. The number of nitrogens with zero attached hydrogens (tertiary/aromatic N) is 1. The summed E-state index contributed by atoms with van der Waals surface area (Å²) in [5.41, 5.74) is 1.87. The minimum Gasteiger partial charge on any atom is -0.446 e. The molecule has 0 unspecified atom stereocenters. The minimum absolute atomic E-state index is 0.0884. The molecule has 1 aromatic rings. The fraction of sp³-hybridized carbons (Fsp3) is 0.417. The number of hydrogen-bond donors (Lipinski definition) is 1. The van der Waals surface area contributed by atoms with Gasteiger partial charge in [-0.25, -0.2) is 4.79 Å². The first kappa shape index (κ1) is 10.8. The Hall–Kier alpha value is -1.71. The van der Waals surface area contributed by atoms with Crippen molar-refractivity contribution in [3.63, 3.8) is 0 Å². The van der Waals surface area contributed by atoms with E-state index in [4.69, 9.17) is 4.74 Å². The Morgan fingerprint density at radius 2 is 2.19 bits per heavy atom. The third kappa shape index (κ3) is 2.10. The molecule has 0 radical (unpaired) electrons. The molecule has 1 heterocycles. The van der Waals surface area contributed by atoms with Crippen LogP contribution in [0.4, 0.5) is 16.2 Å². The van der Waals surface area contributed by atoms with Crippen molar-refractivity contribution in [2.24, 2.45) is 0 Å². The van der Waals surface area contributed by atoms with E-state index >= 15 is 0 Å². The molecule has 0 saturated carbocycles. The summed E-state index contributed by atoms with van der Waals surface area (Å²) in [5.74, 6) is 0. The van der Waals surface area contributed by atoms with E-state index in [-0.39, 0.29) is 12.2 Å². The number of para-hydroxylation sites is 2. The first-order chi connectivity index (χ1) is 7.68. The van der Waals surface area contributed by atoms with Gasteiger partial charge < -0.3 is 10.1 Å². The number of carbonyl (C=O) groups excluding carboxylic acids is 1. The molecule has 1 amide bonds. The normalized spacial score (nSPS) is 14.3. The van der Waals surface area contributed by atoms with Crippen molar-refractivity contribution in [2.45, 2.75) is 20.0 Å². The lowest BCUT2D eigenvalue weighted by Gasteiger charge is -2.30. The van der Waals surface area contributed by atoms with Crippen molar-refractivity contribution in [2.75, 3.05) is 23.3 Å². The monoisotopic (exact) mass is 220 g/mol. The van der Waals surface area contributed by atoms with Gasteiger partial charge >= 0.3 is 6.09 Å². The maximum atomic E-state index is 11.8. The number of amides is 1. The van der Waals surface area contributed by atoms with Crippen molar-refractivity contribution in [1.29, 1.82) is 0 Å². The van der Waals surface area contributed by atoms with Gasteiger partial charge in [0.1, 0.15) is 0 Å². The highest BCUT2D eigenvalue weighted by Crippen LogP contribution is 2.28. The van der Waals surface area contributed by atoms with E-state index in [0.29, 0.717) is 6.54 Å². The van der Waals surface area contributed by atoms with Crippen LogP contribution in [-0.2, 0) is 4.74 Å². The van der Waals surface area contributed by atoms with Crippen molar-refractivity contribution in [3.05, 3.63) is 24.3 Å². The standard InChI is InChI=1S/C12H16N2O2/c1-9(2)16-12(15)14-8-7-13-10-5-3-4-6-11(10)14/h3-6,9,13H,7-8H2,1-2H3. The zero-order valence-electron chi connectivity index (χ0n) is 9.56. The lowest BCUT2D eigenvalue weighted by molar-refractivity contribution is 0.122. The molecule has 0 bridgehead atoms. The van der Waals surface area contributed by atoms with Crippen LogP contribution >= 0.6 is 0 Å². The molecular weight excluding hydrogens is 204 g/mol. The van der Waals surface area contributed by atoms with Crippen LogP contribution in [0, 0.1) is 0 Å². The highest BCUT2D eigenvalue weighted by atomic mass is 16.6. The Balaban J connectivity index is 2.21. The van der Waals surface area contributed by atoms with Gasteiger partial charge in [-0.2, -0.15) is 0 Å². The Bertz CT molecular complexity index is 390. The lowest BCUT2D eigenvalue weighted by atomic mass is 10.2. The van der Waals surface area contributed by atoms with Crippen LogP contribution in [0.3, 0.4) is 0 Å². The average Bonchev–Trinajstić information content (AvgIpc) is 2.27. The molecule has 4 heteroatoms. The van der Waals surface area contributed by atoms with Crippen LogP contribution in [0.25, 0.3) is 0 Å². The summed E-state index contributed by atoms with van der Waals surface area (Å²) >= 11 is 0. The lowest BCUT2D eigenvalue weighted by Crippen LogP contribution is -2.40. The molecular formula is C12H16N2O2. The number of hydrogen-bond acceptors (Lipinski definition) is 3. The molecule has 0 atom stereocenters. The molecule has 1 aliphatic rings. The second kappa shape index (κ2) is 4.43. The Morgan fingerprint density at radius 1 is 1.44 bits per heavy atom. The molecule has 16 heavy (non-hydrogen) atoms. The molecule has 1 aromatic carbocycles. The van der Waals surface area contributed by atoms with Gasteiger partial charge in [-0.3, -0.25) is 4.90 Å². The average molecular weight is 220 g/mol. The zero-order valence-corrected chi connectivity index (χ0v) is 9.56. The van der Waals surface area contributed by atoms with Gasteiger partial charge in [-0.1, -0.05) is 12.1 Å². The number of anilines is 2. The first-order valence-electron chi connectivity index (χ1n) is 5.49. The topological polar surface area (TPSA) is 41.6 Å². The largest absolute Gasteiger partial charge is 0.446 e.